The smallest absolute Gasteiger partial charge is 0.178 e. The number of halogens is 1. The van der Waals surface area contributed by atoms with Crippen molar-refractivity contribution in [2.45, 2.75) is 76.2 Å². The van der Waals surface area contributed by atoms with Crippen molar-refractivity contribution in [2.75, 3.05) is 26.5 Å². The molecule has 0 saturated carbocycles. The lowest BCUT2D eigenvalue weighted by atomic mass is 9.80. The fourth-order valence-corrected chi connectivity index (χ4v) is 8.41. The van der Waals surface area contributed by atoms with Crippen molar-refractivity contribution >= 4 is 23.7 Å². The van der Waals surface area contributed by atoms with E-state index in [0.29, 0.717) is 73.6 Å². The van der Waals surface area contributed by atoms with E-state index in [2.05, 4.69) is 0 Å². The van der Waals surface area contributed by atoms with Crippen LogP contribution in [0.5, 0.6) is 46.0 Å². The van der Waals surface area contributed by atoms with Gasteiger partial charge in [-0.25, -0.2) is 4.39 Å². The number of aliphatic hydroxyl groups is 2. The maximum Gasteiger partial charge on any atom is 0.178 e. The lowest BCUT2D eigenvalue weighted by molar-refractivity contribution is 0.0547. The fraction of sp³-hybridized carbons (Fsp3) is 0.348. The van der Waals surface area contributed by atoms with Crippen LogP contribution in [-0.2, 0) is 13.2 Å². The number of rotatable bonds is 5. The van der Waals surface area contributed by atoms with Crippen LogP contribution in [0.15, 0.2) is 60.7 Å². The van der Waals surface area contributed by atoms with Crippen LogP contribution >= 0.6 is 0 Å². The number of alkyl halides is 1. The van der Waals surface area contributed by atoms with Gasteiger partial charge in [0, 0.05) is 22.3 Å². The van der Waals surface area contributed by atoms with Gasteiger partial charge in [0.1, 0.15) is 95.9 Å². The van der Waals surface area contributed by atoms with Crippen LogP contribution in [0.4, 0.5) is 4.39 Å². The van der Waals surface area contributed by atoms with Crippen LogP contribution < -0.4 is 33.2 Å². The summed E-state index contributed by atoms with van der Waals surface area (Å²) in [4.78, 5) is 26.9. The van der Waals surface area contributed by atoms with Gasteiger partial charge >= 0.3 is 0 Å². The van der Waals surface area contributed by atoms with E-state index in [1.54, 1.807) is 42.5 Å². The zero-order chi connectivity index (χ0) is 41.4. The highest BCUT2D eigenvalue weighted by atomic mass is 18.2. The largest absolute Gasteiger partial charge is 0.508 e. The normalized spacial score (nSPS) is 22.7. The number of ether oxygens (including phenoxy) is 7. The van der Waals surface area contributed by atoms with Gasteiger partial charge in [0.05, 0.1) is 47.3 Å². The minimum absolute atomic E-state index is 0.0619. The van der Waals surface area contributed by atoms with Gasteiger partial charge in [0.2, 0.25) is 0 Å². The summed E-state index contributed by atoms with van der Waals surface area (Å²) in [5.41, 5.74) is 3.66. The Bertz CT molecular complexity index is 2470. The van der Waals surface area contributed by atoms with Crippen LogP contribution in [-0.4, -0.2) is 76.8 Å². The number of ketones is 2. The zero-order valence-corrected chi connectivity index (χ0v) is 32.9. The average molecular weight is 806 g/mol. The van der Waals surface area contributed by atoms with E-state index in [1.165, 1.54) is 6.07 Å². The highest BCUT2D eigenvalue weighted by Gasteiger charge is 2.46. The van der Waals surface area contributed by atoms with Gasteiger partial charge in [-0.15, -0.1) is 0 Å². The first-order chi connectivity index (χ1) is 28.3. The van der Waals surface area contributed by atoms with Crippen molar-refractivity contribution in [3.63, 3.8) is 0 Å². The van der Waals surface area contributed by atoms with Gasteiger partial charge in [0.15, 0.2) is 11.6 Å². The molecule has 6 aliphatic rings. The zero-order valence-electron chi connectivity index (χ0n) is 32.9. The number of aliphatic hydroxyl groups excluding tert-OH is 2. The first-order valence-electron chi connectivity index (χ1n) is 19.5. The molecule has 12 nitrogen and oxygen atoms in total. The van der Waals surface area contributed by atoms with E-state index in [-0.39, 0.29) is 50.4 Å². The molecule has 306 valence electrons. The number of benzene rings is 4. The third-order valence-electron chi connectivity index (χ3n) is 11.3. The van der Waals surface area contributed by atoms with Crippen molar-refractivity contribution in [1.29, 1.82) is 0 Å². The molecule has 0 unspecified atom stereocenters. The predicted molar refractivity (Wildman–Crippen MR) is 212 cm³/mol. The van der Waals surface area contributed by atoms with Crippen LogP contribution in [0.2, 0.25) is 0 Å². The van der Waals surface area contributed by atoms with Gasteiger partial charge in [-0.05, 0) is 101 Å². The maximum absolute atomic E-state index is 13.6. The number of hydrogen-bond donors (Lipinski definition) is 3. The lowest BCUT2D eigenvalue weighted by Gasteiger charge is -2.39. The molecule has 4 aromatic rings. The van der Waals surface area contributed by atoms with Crippen LogP contribution in [0, 0.1) is 0 Å². The molecule has 6 aliphatic heterocycles. The molecule has 0 amide bonds. The molecule has 0 bridgehead atoms. The van der Waals surface area contributed by atoms with Crippen molar-refractivity contribution in [3.8, 4) is 46.0 Å². The Labute approximate surface area is 339 Å². The standard InChI is InChI=1S/C24H23FO6.C22H20O6/c1-24(2)6-5-14-17(31-24)4-3-15-22(27)21-16-10-18(28-8-7-25)13(11-26)9-19(16)29-12-20(21)30-23(14)15;1-22(2)6-5-12-16(28-22)4-3-13-20(25)19-14-8-15(24)11(9-23)7-17(14)26-10-18(19)27-21(12)13/h3-6,9-10,20-21,26H,7-8,11-12H2,1-2H3;3-8,18-19,23-24H,9-10H2,1-2H3/t20-,21+;18-,19+/m11/s1/i25-1;. The Kier molecular flexibility index (Phi) is 9.35. The fourth-order valence-electron chi connectivity index (χ4n) is 8.41. The molecule has 10 rings (SSSR count). The second-order valence-electron chi connectivity index (χ2n) is 16.3. The Morgan fingerprint density at radius 2 is 1.19 bits per heavy atom. The van der Waals surface area contributed by atoms with E-state index in [0.717, 1.165) is 11.1 Å². The highest BCUT2D eigenvalue weighted by molar-refractivity contribution is 6.07. The Morgan fingerprint density at radius 3 is 1.68 bits per heavy atom. The van der Waals surface area contributed by atoms with E-state index >= 15 is 0 Å². The molecule has 4 aromatic carbocycles. The number of Topliss-reactive ketones (excluding diaryl/α,β-unsaturated/α-hetero) is 2. The van der Waals surface area contributed by atoms with Gasteiger partial charge in [0.25, 0.3) is 0 Å². The van der Waals surface area contributed by atoms with Crippen LogP contribution in [0.25, 0.3) is 12.2 Å². The summed E-state index contributed by atoms with van der Waals surface area (Å²) < 4.78 is 54.2. The number of hydrogen-bond acceptors (Lipinski definition) is 12. The minimum Gasteiger partial charge on any atom is -0.508 e. The van der Waals surface area contributed by atoms with Crippen molar-refractivity contribution in [1.82, 2.24) is 0 Å². The SMILES string of the molecule is CC1(C)C=Cc2c(ccc3c2O[C@@H]2COc4cc(CO)c(O)cc4[C@@H]2C3=O)O1.CC1(C)C=Cc2c(ccc3c2O[C@@H]2COc4cc(CO)c(OCC[18F])cc4[C@@H]2C3=O)O1. The van der Waals surface area contributed by atoms with E-state index in [1.807, 2.05) is 52.0 Å². The third-order valence-corrected chi connectivity index (χ3v) is 11.3. The molecule has 0 spiro atoms. The molecule has 59 heavy (non-hydrogen) atoms. The number of fused-ring (bicyclic) bond motifs is 12. The van der Waals surface area contributed by atoms with Gasteiger partial charge in [-0.1, -0.05) is 0 Å². The molecule has 0 aromatic heterocycles. The van der Waals surface area contributed by atoms with Gasteiger partial charge < -0.3 is 48.5 Å². The maximum atomic E-state index is 13.6. The molecule has 4 atom stereocenters. The first kappa shape index (κ1) is 38.5. The molecule has 0 aliphatic carbocycles. The quantitative estimate of drug-likeness (QED) is 0.190. The monoisotopic (exact) mass is 805 g/mol. The average Bonchev–Trinajstić information content (AvgIpc) is 3.21. The summed E-state index contributed by atoms with van der Waals surface area (Å²) in [5.74, 6) is 2.33. The topological polar surface area (TPSA) is 159 Å². The van der Waals surface area contributed by atoms with Crippen molar-refractivity contribution in [2.24, 2.45) is 0 Å². The third kappa shape index (κ3) is 6.62. The molecular weight excluding hydrogens is 762 g/mol. The van der Waals surface area contributed by atoms with Gasteiger partial charge in [-0.2, -0.15) is 0 Å². The number of carbonyl (C=O) groups excluding carboxylic acids is 2. The summed E-state index contributed by atoms with van der Waals surface area (Å²) in [6.07, 6.45) is 6.73. The van der Waals surface area contributed by atoms with Gasteiger partial charge in [-0.3, -0.25) is 9.59 Å². The molecule has 13 heteroatoms. The van der Waals surface area contributed by atoms with E-state index < -0.39 is 41.9 Å². The summed E-state index contributed by atoms with van der Waals surface area (Å²) in [6, 6.07) is 13.4. The molecule has 0 fully saturated rings. The predicted octanol–water partition coefficient (Wildman–Crippen LogP) is 7.02. The molecule has 0 saturated heterocycles. The van der Waals surface area contributed by atoms with Crippen LogP contribution in [0.1, 0.15) is 93.6 Å². The highest BCUT2D eigenvalue weighted by Crippen LogP contribution is 2.50. The van der Waals surface area contributed by atoms with E-state index in [4.69, 9.17) is 33.2 Å². The molecular formula is C46H43FO12. The Morgan fingerprint density at radius 1 is 0.695 bits per heavy atom. The van der Waals surface area contributed by atoms with Crippen molar-refractivity contribution in [3.05, 3.63) is 105 Å². The van der Waals surface area contributed by atoms with E-state index in [9.17, 15) is 29.3 Å². The number of aromatic hydroxyl groups is 1. The summed E-state index contributed by atoms with van der Waals surface area (Å²) in [7, 11) is 0. The lowest BCUT2D eigenvalue weighted by Crippen LogP contribution is -2.43. The molecule has 6 heterocycles. The Hall–Kier alpha value is -6.05. The summed E-state index contributed by atoms with van der Waals surface area (Å²) in [6.45, 7) is 6.87. The Balaban J connectivity index is 0.000000153. The second kappa shape index (κ2) is 14.3. The summed E-state index contributed by atoms with van der Waals surface area (Å²) >= 11 is 0. The van der Waals surface area contributed by atoms with Crippen LogP contribution in [0.3, 0.4) is 0 Å². The second-order valence-corrected chi connectivity index (χ2v) is 16.3. The minimum atomic E-state index is -0.655. The number of phenols is 1. The van der Waals surface area contributed by atoms with Crippen molar-refractivity contribution < 1.29 is 62.5 Å². The summed E-state index contributed by atoms with van der Waals surface area (Å²) in [5, 5.41) is 29.2. The molecule has 0 radical (unpaired) electrons. The molecule has 3 N–H and O–H groups in total. The number of carbonyl (C=O) groups is 2. The first-order valence-corrected chi connectivity index (χ1v) is 19.5.